The molecule has 4 nitrogen and oxygen atoms in total. The van der Waals surface area contributed by atoms with Crippen molar-refractivity contribution in [2.75, 3.05) is 6.67 Å². The molecule has 0 bridgehead atoms. The van der Waals surface area contributed by atoms with Gasteiger partial charge in [-0.3, -0.25) is 4.99 Å². The first-order valence-electron chi connectivity index (χ1n) is 1.88. The summed E-state index contributed by atoms with van der Waals surface area (Å²) in [5, 5.41) is 2.91. The molecule has 1 aliphatic heterocycles. The van der Waals surface area contributed by atoms with Crippen molar-refractivity contribution in [3.63, 3.8) is 0 Å². The minimum Gasteiger partial charge on any atom is -0.870 e. The van der Waals surface area contributed by atoms with Crippen molar-refractivity contribution >= 4 is 44.0 Å². The molecule has 1 heterocycles. The first-order chi connectivity index (χ1) is 3.00. The van der Waals surface area contributed by atoms with Gasteiger partial charge in [-0.15, -0.1) is 0 Å². The van der Waals surface area contributed by atoms with Crippen LogP contribution in [0, 0.1) is 0 Å². The monoisotopic (exact) mass is 156 g/mol. The zero-order valence-corrected chi connectivity index (χ0v) is 7.20. The Kier molecular flexibility index (Phi) is 20.2. The van der Waals surface area contributed by atoms with Gasteiger partial charge < -0.3 is 16.3 Å². The second-order valence-electron chi connectivity index (χ2n) is 1.05. The van der Waals surface area contributed by atoms with E-state index in [-0.39, 0.29) is 48.7 Å². The summed E-state index contributed by atoms with van der Waals surface area (Å²) in [6.07, 6.45) is 5.51. The SMILES string of the molecule is C1=CNCN=C1.[Ca+2].[OH-].[OH-]. The minimum atomic E-state index is 0. The third kappa shape index (κ3) is 8.39. The van der Waals surface area contributed by atoms with Crippen LogP contribution < -0.4 is 5.32 Å². The number of nitrogens with zero attached hydrogens (tertiary/aromatic N) is 1. The van der Waals surface area contributed by atoms with Gasteiger partial charge >= 0.3 is 37.7 Å². The summed E-state index contributed by atoms with van der Waals surface area (Å²) in [5.74, 6) is 0. The number of nitrogens with one attached hydrogen (secondary N) is 1. The van der Waals surface area contributed by atoms with Gasteiger partial charge in [-0.1, -0.05) is 0 Å². The molecule has 0 aromatic carbocycles. The van der Waals surface area contributed by atoms with E-state index in [1.165, 1.54) is 0 Å². The predicted molar refractivity (Wildman–Crippen MR) is 35.3 cm³/mol. The van der Waals surface area contributed by atoms with Crippen molar-refractivity contribution in [2.45, 2.75) is 0 Å². The van der Waals surface area contributed by atoms with E-state index in [4.69, 9.17) is 0 Å². The van der Waals surface area contributed by atoms with Crippen LogP contribution in [0.15, 0.2) is 17.3 Å². The second kappa shape index (κ2) is 11.2. The number of allylic oxidation sites excluding steroid dienone is 1. The molecule has 0 spiro atoms. The van der Waals surface area contributed by atoms with E-state index in [1.54, 1.807) is 6.21 Å². The smallest absolute Gasteiger partial charge is 0.870 e. The van der Waals surface area contributed by atoms with Crippen molar-refractivity contribution in [3.8, 4) is 0 Å². The third-order valence-electron chi connectivity index (χ3n) is 0.588. The fourth-order valence-electron chi connectivity index (χ4n) is 0.330. The molecule has 1 rings (SSSR count). The van der Waals surface area contributed by atoms with E-state index < -0.39 is 0 Å². The van der Waals surface area contributed by atoms with Crippen molar-refractivity contribution < 1.29 is 11.0 Å². The molecule has 0 saturated heterocycles. The molecule has 0 amide bonds. The second-order valence-corrected chi connectivity index (χ2v) is 1.05. The van der Waals surface area contributed by atoms with Gasteiger partial charge in [0.1, 0.15) is 6.67 Å². The molecule has 0 atom stereocenters. The van der Waals surface area contributed by atoms with Crippen LogP contribution in [0.1, 0.15) is 0 Å². The molecule has 0 radical (unpaired) electrons. The molecule has 0 aromatic rings. The maximum absolute atomic E-state index is 3.85. The van der Waals surface area contributed by atoms with Gasteiger partial charge in [-0.2, -0.15) is 0 Å². The van der Waals surface area contributed by atoms with Crippen LogP contribution in [-0.2, 0) is 0 Å². The molecule has 9 heavy (non-hydrogen) atoms. The van der Waals surface area contributed by atoms with E-state index in [1.807, 2.05) is 12.3 Å². The summed E-state index contributed by atoms with van der Waals surface area (Å²) in [6.45, 7) is 0.733. The molecule has 1 aliphatic rings. The Bertz CT molecular complexity index is 82.6. The summed E-state index contributed by atoms with van der Waals surface area (Å²) in [7, 11) is 0. The van der Waals surface area contributed by atoms with Crippen molar-refractivity contribution in [2.24, 2.45) is 4.99 Å². The Morgan fingerprint density at radius 2 is 2.00 bits per heavy atom. The molecule has 3 N–H and O–H groups in total. The van der Waals surface area contributed by atoms with Crippen LogP contribution in [0.5, 0.6) is 0 Å². The molecule has 5 heteroatoms. The van der Waals surface area contributed by atoms with Gasteiger partial charge in [0.15, 0.2) is 0 Å². The summed E-state index contributed by atoms with van der Waals surface area (Å²) in [6, 6.07) is 0. The van der Waals surface area contributed by atoms with E-state index in [9.17, 15) is 0 Å². The molecule has 0 aromatic heterocycles. The maximum atomic E-state index is 3.85. The standard InChI is InChI=1S/C4H6N2.Ca.2H2O/c1-2-5-4-6-3-1;;;/h1-3,5H,4H2;;2*1H2/q;+2;;/p-2. The van der Waals surface area contributed by atoms with Crippen molar-refractivity contribution in [1.29, 1.82) is 0 Å². The maximum Gasteiger partial charge on any atom is 2.00 e. The molecular formula is C4H8CaN2O2. The van der Waals surface area contributed by atoms with Gasteiger partial charge in [-0.05, 0) is 12.3 Å². The van der Waals surface area contributed by atoms with Crippen LogP contribution in [0.2, 0.25) is 0 Å². The third-order valence-corrected chi connectivity index (χ3v) is 0.588. The summed E-state index contributed by atoms with van der Waals surface area (Å²) in [4.78, 5) is 3.85. The van der Waals surface area contributed by atoms with E-state index >= 15 is 0 Å². The summed E-state index contributed by atoms with van der Waals surface area (Å²) >= 11 is 0. The topological polar surface area (TPSA) is 84.4 Å². The Labute approximate surface area is 83.7 Å². The van der Waals surface area contributed by atoms with Crippen LogP contribution in [0.4, 0.5) is 0 Å². The number of hydrogen-bond donors (Lipinski definition) is 1. The quantitative estimate of drug-likeness (QED) is 0.475. The Morgan fingerprint density at radius 3 is 2.11 bits per heavy atom. The Morgan fingerprint density at radius 1 is 1.33 bits per heavy atom. The fourth-order valence-corrected chi connectivity index (χ4v) is 0.330. The van der Waals surface area contributed by atoms with E-state index in [0.717, 1.165) is 6.67 Å². The molecule has 0 unspecified atom stereocenters. The van der Waals surface area contributed by atoms with Crippen molar-refractivity contribution in [3.05, 3.63) is 12.3 Å². The molecule has 0 fully saturated rings. The Hall–Kier alpha value is 0.390. The summed E-state index contributed by atoms with van der Waals surface area (Å²) < 4.78 is 0. The van der Waals surface area contributed by atoms with Gasteiger partial charge in [-0.25, -0.2) is 0 Å². The van der Waals surface area contributed by atoms with E-state index in [0.29, 0.717) is 0 Å². The minimum absolute atomic E-state index is 0. The first-order valence-corrected chi connectivity index (χ1v) is 1.88. The fraction of sp³-hybridized carbons (Fsp3) is 0.250. The molecule has 48 valence electrons. The predicted octanol–water partition coefficient (Wildman–Crippen LogP) is -0.603. The van der Waals surface area contributed by atoms with Gasteiger partial charge in [0.05, 0.1) is 0 Å². The molecular weight excluding hydrogens is 148 g/mol. The van der Waals surface area contributed by atoms with Crippen LogP contribution in [-0.4, -0.2) is 61.6 Å². The van der Waals surface area contributed by atoms with Crippen LogP contribution in [0.25, 0.3) is 0 Å². The van der Waals surface area contributed by atoms with Crippen LogP contribution >= 0.6 is 0 Å². The zero-order valence-electron chi connectivity index (χ0n) is 4.99. The van der Waals surface area contributed by atoms with Crippen molar-refractivity contribution in [1.82, 2.24) is 5.32 Å². The first kappa shape index (κ1) is 16.2. The Balaban J connectivity index is -0.000000120. The largest absolute Gasteiger partial charge is 2.00 e. The van der Waals surface area contributed by atoms with E-state index in [2.05, 4.69) is 10.3 Å². The number of hydrogen-bond acceptors (Lipinski definition) is 4. The van der Waals surface area contributed by atoms with Gasteiger partial charge in [0.2, 0.25) is 0 Å². The van der Waals surface area contributed by atoms with Gasteiger partial charge in [0, 0.05) is 6.21 Å². The summed E-state index contributed by atoms with van der Waals surface area (Å²) in [5.41, 5.74) is 0. The normalized spacial score (nSPS) is 11.6. The average molecular weight is 156 g/mol. The van der Waals surface area contributed by atoms with Gasteiger partial charge in [0.25, 0.3) is 0 Å². The number of rotatable bonds is 0. The average Bonchev–Trinajstić information content (AvgIpc) is 1.72. The zero-order chi connectivity index (χ0) is 4.24. The van der Waals surface area contributed by atoms with Crippen LogP contribution in [0.3, 0.4) is 0 Å². The molecule has 0 saturated carbocycles. The number of aliphatic imine (C=N–C) groups is 1. The molecule has 0 aliphatic carbocycles.